The molecule has 1 heterocycles. The highest BCUT2D eigenvalue weighted by molar-refractivity contribution is 8.01. The maximum atomic E-state index is 12.3. The summed E-state index contributed by atoms with van der Waals surface area (Å²) in [5, 5.41) is 2.05. The highest BCUT2D eigenvalue weighted by atomic mass is 32.2. The Morgan fingerprint density at radius 2 is 1.57 bits per heavy atom. The largest absolute Gasteiger partial charge is 0.294 e. The van der Waals surface area contributed by atoms with E-state index in [9.17, 15) is 4.79 Å². The monoisotopic (exact) mass is 310 g/mol. The number of carbonyl (C=O) groups is 1. The summed E-state index contributed by atoms with van der Waals surface area (Å²) in [6.07, 6.45) is 0.461. The molecule has 1 aromatic heterocycles. The van der Waals surface area contributed by atoms with Crippen molar-refractivity contribution in [1.29, 1.82) is 0 Å². The van der Waals surface area contributed by atoms with Crippen molar-refractivity contribution < 1.29 is 4.79 Å². The van der Waals surface area contributed by atoms with E-state index in [0.717, 1.165) is 11.1 Å². The second-order valence-corrected chi connectivity index (χ2v) is 6.87. The fourth-order valence-corrected chi connectivity index (χ4v) is 4.11. The van der Waals surface area contributed by atoms with E-state index < -0.39 is 0 Å². The number of thiophene rings is 1. The van der Waals surface area contributed by atoms with Gasteiger partial charge in [-0.1, -0.05) is 60.3 Å². The van der Waals surface area contributed by atoms with E-state index in [1.165, 1.54) is 9.10 Å². The van der Waals surface area contributed by atoms with Crippen LogP contribution in [0.2, 0.25) is 0 Å². The van der Waals surface area contributed by atoms with Crippen molar-refractivity contribution >= 4 is 28.9 Å². The molecule has 0 bridgehead atoms. The van der Waals surface area contributed by atoms with E-state index >= 15 is 0 Å². The summed E-state index contributed by atoms with van der Waals surface area (Å²) >= 11 is 3.42. The van der Waals surface area contributed by atoms with Crippen molar-refractivity contribution in [2.75, 3.05) is 0 Å². The third-order valence-electron chi connectivity index (χ3n) is 3.11. The number of hydrogen-bond acceptors (Lipinski definition) is 3. The number of carbonyl (C=O) groups excluding carboxylic acids is 1. The summed E-state index contributed by atoms with van der Waals surface area (Å²) in [4.78, 5) is 13.5. The van der Waals surface area contributed by atoms with Crippen LogP contribution in [0.1, 0.15) is 15.9 Å². The summed E-state index contributed by atoms with van der Waals surface area (Å²) in [5.74, 6) is 0.170. The number of benzene rings is 2. The molecule has 0 atom stereocenters. The molecule has 0 saturated carbocycles. The van der Waals surface area contributed by atoms with Crippen molar-refractivity contribution in [3.05, 3.63) is 83.2 Å². The summed E-state index contributed by atoms with van der Waals surface area (Å²) in [5.41, 5.74) is 1.89. The van der Waals surface area contributed by atoms with Crippen molar-refractivity contribution in [2.45, 2.75) is 15.5 Å². The van der Waals surface area contributed by atoms with Crippen LogP contribution in [0.4, 0.5) is 0 Å². The van der Waals surface area contributed by atoms with Gasteiger partial charge in [0.1, 0.15) is 0 Å². The fourth-order valence-electron chi connectivity index (χ4n) is 2.04. The first-order valence-electron chi connectivity index (χ1n) is 6.70. The topological polar surface area (TPSA) is 17.1 Å². The molecule has 0 amide bonds. The van der Waals surface area contributed by atoms with Crippen LogP contribution in [0.15, 0.2) is 81.2 Å². The van der Waals surface area contributed by atoms with Gasteiger partial charge in [0.05, 0.1) is 4.21 Å². The van der Waals surface area contributed by atoms with Crippen molar-refractivity contribution in [3.8, 4) is 0 Å². The average molecular weight is 310 g/mol. The first-order valence-corrected chi connectivity index (χ1v) is 8.40. The van der Waals surface area contributed by atoms with Crippen LogP contribution in [0.5, 0.6) is 0 Å². The van der Waals surface area contributed by atoms with Gasteiger partial charge in [-0.05, 0) is 29.1 Å². The van der Waals surface area contributed by atoms with E-state index in [4.69, 9.17) is 0 Å². The SMILES string of the molecule is O=C(Cc1ccsc1Sc1ccccc1)c1ccccc1. The van der Waals surface area contributed by atoms with Gasteiger partial charge < -0.3 is 0 Å². The Hall–Kier alpha value is -1.84. The number of hydrogen-bond donors (Lipinski definition) is 0. The molecule has 0 saturated heterocycles. The molecule has 0 aliphatic heterocycles. The lowest BCUT2D eigenvalue weighted by Crippen LogP contribution is -2.02. The normalized spacial score (nSPS) is 10.5. The summed E-state index contributed by atoms with van der Waals surface area (Å²) in [6.45, 7) is 0. The Kier molecular flexibility index (Phi) is 4.53. The van der Waals surface area contributed by atoms with Crippen LogP contribution in [-0.2, 0) is 6.42 Å². The Bertz CT molecular complexity index is 717. The molecule has 0 spiro atoms. The molecule has 0 radical (unpaired) electrons. The van der Waals surface area contributed by atoms with Crippen LogP contribution in [0.25, 0.3) is 0 Å². The third kappa shape index (κ3) is 3.63. The molecule has 3 heteroatoms. The van der Waals surface area contributed by atoms with Gasteiger partial charge >= 0.3 is 0 Å². The number of ketones is 1. The predicted molar refractivity (Wildman–Crippen MR) is 89.4 cm³/mol. The lowest BCUT2D eigenvalue weighted by atomic mass is 10.1. The van der Waals surface area contributed by atoms with Gasteiger partial charge in [-0.3, -0.25) is 4.79 Å². The lowest BCUT2D eigenvalue weighted by molar-refractivity contribution is 0.0992. The maximum absolute atomic E-state index is 12.3. The molecule has 2 aromatic carbocycles. The van der Waals surface area contributed by atoms with Crippen molar-refractivity contribution in [3.63, 3.8) is 0 Å². The first-order chi connectivity index (χ1) is 10.3. The van der Waals surface area contributed by atoms with Crippen molar-refractivity contribution in [2.24, 2.45) is 0 Å². The zero-order valence-electron chi connectivity index (χ0n) is 11.4. The highest BCUT2D eigenvalue weighted by Crippen LogP contribution is 2.35. The van der Waals surface area contributed by atoms with E-state index in [1.54, 1.807) is 23.1 Å². The molecular formula is C18H14OS2. The Morgan fingerprint density at radius 3 is 2.29 bits per heavy atom. The van der Waals surface area contributed by atoms with Gasteiger partial charge in [0.25, 0.3) is 0 Å². The minimum absolute atomic E-state index is 0.170. The first kappa shape index (κ1) is 14.1. The number of Topliss-reactive ketones (excluding diaryl/α,β-unsaturated/α-hetero) is 1. The smallest absolute Gasteiger partial charge is 0.167 e. The maximum Gasteiger partial charge on any atom is 0.167 e. The van der Waals surface area contributed by atoms with Gasteiger partial charge in [-0.2, -0.15) is 0 Å². The molecule has 1 nitrogen and oxygen atoms in total. The summed E-state index contributed by atoms with van der Waals surface area (Å²) in [6, 6.07) is 21.8. The molecule has 0 N–H and O–H groups in total. The molecule has 3 rings (SSSR count). The number of rotatable bonds is 5. The fraction of sp³-hybridized carbons (Fsp3) is 0.0556. The minimum Gasteiger partial charge on any atom is -0.294 e. The van der Waals surface area contributed by atoms with Gasteiger partial charge in [-0.25, -0.2) is 0 Å². The average Bonchev–Trinajstić information content (AvgIpc) is 2.96. The van der Waals surface area contributed by atoms with Gasteiger partial charge in [0.15, 0.2) is 5.78 Å². The molecule has 21 heavy (non-hydrogen) atoms. The quantitative estimate of drug-likeness (QED) is 0.593. The molecule has 0 aliphatic carbocycles. The zero-order valence-corrected chi connectivity index (χ0v) is 13.0. The minimum atomic E-state index is 0.170. The van der Waals surface area contributed by atoms with E-state index in [1.807, 2.05) is 48.5 Å². The molecule has 3 aromatic rings. The standard InChI is InChI=1S/C18H14OS2/c19-17(14-7-3-1-4-8-14)13-15-11-12-20-18(15)21-16-9-5-2-6-10-16/h1-12H,13H2. The second kappa shape index (κ2) is 6.74. The summed E-state index contributed by atoms with van der Waals surface area (Å²) < 4.78 is 1.20. The third-order valence-corrected chi connectivity index (χ3v) is 5.35. The van der Waals surface area contributed by atoms with Crippen LogP contribution in [0.3, 0.4) is 0 Å². The predicted octanol–water partition coefficient (Wildman–Crippen LogP) is 5.32. The molecule has 104 valence electrons. The zero-order chi connectivity index (χ0) is 14.5. The Balaban J connectivity index is 1.75. The van der Waals surface area contributed by atoms with Crippen LogP contribution < -0.4 is 0 Å². The Morgan fingerprint density at radius 1 is 0.905 bits per heavy atom. The van der Waals surface area contributed by atoms with E-state index in [-0.39, 0.29) is 5.78 Å². The summed E-state index contributed by atoms with van der Waals surface area (Å²) in [7, 11) is 0. The van der Waals surface area contributed by atoms with Gasteiger partial charge in [-0.15, -0.1) is 11.3 Å². The Labute approximate surface area is 132 Å². The van der Waals surface area contributed by atoms with E-state index in [2.05, 4.69) is 23.6 Å². The second-order valence-electron chi connectivity index (χ2n) is 4.61. The van der Waals surface area contributed by atoms with Gasteiger partial charge in [0.2, 0.25) is 0 Å². The van der Waals surface area contributed by atoms with Crippen LogP contribution >= 0.6 is 23.1 Å². The van der Waals surface area contributed by atoms with Crippen molar-refractivity contribution in [1.82, 2.24) is 0 Å². The molecular weight excluding hydrogens is 296 g/mol. The van der Waals surface area contributed by atoms with Crippen LogP contribution in [-0.4, -0.2) is 5.78 Å². The van der Waals surface area contributed by atoms with E-state index in [0.29, 0.717) is 6.42 Å². The molecule has 0 aliphatic rings. The van der Waals surface area contributed by atoms with Crippen LogP contribution in [0, 0.1) is 0 Å². The highest BCUT2D eigenvalue weighted by Gasteiger charge is 2.12. The van der Waals surface area contributed by atoms with Gasteiger partial charge in [0, 0.05) is 16.9 Å². The lowest BCUT2D eigenvalue weighted by Gasteiger charge is -2.04. The molecule has 0 fully saturated rings. The molecule has 0 unspecified atom stereocenters.